The van der Waals surface area contributed by atoms with E-state index in [1.807, 2.05) is 13.0 Å². The van der Waals surface area contributed by atoms with Crippen molar-refractivity contribution in [1.29, 1.82) is 15.8 Å². The van der Waals surface area contributed by atoms with Crippen LogP contribution in [-0.2, 0) is 19.1 Å². The standard InChI is InChI=1S/C26H21N3O5/c1-15-4-8-17(9-5-15)21-19(24(31)33-2)23(30)20(25(32)34-3)22(26(21,13-28)14-29)18-10-6-16(12-27)7-11-18/h4-11,20-22,30H,1-3H3/t20-,21+,22-/m0/s1. The van der Waals surface area contributed by atoms with E-state index < -0.39 is 40.9 Å². The van der Waals surface area contributed by atoms with Crippen molar-refractivity contribution in [3.8, 4) is 18.2 Å². The van der Waals surface area contributed by atoms with E-state index in [4.69, 9.17) is 14.7 Å². The van der Waals surface area contributed by atoms with Crippen molar-refractivity contribution in [2.75, 3.05) is 14.2 Å². The molecule has 0 radical (unpaired) electrons. The Labute approximate surface area is 196 Å². The van der Waals surface area contributed by atoms with Crippen molar-refractivity contribution in [2.24, 2.45) is 11.3 Å². The second-order valence-corrected chi connectivity index (χ2v) is 7.94. The second kappa shape index (κ2) is 9.48. The van der Waals surface area contributed by atoms with E-state index >= 15 is 0 Å². The van der Waals surface area contributed by atoms with Crippen LogP contribution in [0.3, 0.4) is 0 Å². The van der Waals surface area contributed by atoms with Gasteiger partial charge in [0.15, 0.2) is 5.41 Å². The highest BCUT2D eigenvalue weighted by atomic mass is 16.5. The van der Waals surface area contributed by atoms with Crippen LogP contribution in [0.1, 0.15) is 34.1 Å². The van der Waals surface area contributed by atoms with Crippen LogP contribution in [0.2, 0.25) is 0 Å². The van der Waals surface area contributed by atoms with E-state index in [1.54, 1.807) is 24.3 Å². The molecule has 2 aromatic carbocycles. The summed E-state index contributed by atoms with van der Waals surface area (Å²) in [6, 6.07) is 18.9. The lowest BCUT2D eigenvalue weighted by Crippen LogP contribution is -2.47. The summed E-state index contributed by atoms with van der Waals surface area (Å²) >= 11 is 0. The van der Waals surface area contributed by atoms with Crippen LogP contribution in [0.4, 0.5) is 0 Å². The minimum Gasteiger partial charge on any atom is -0.511 e. The number of ether oxygens (including phenoxy) is 2. The van der Waals surface area contributed by atoms with Crippen molar-refractivity contribution < 1.29 is 24.2 Å². The summed E-state index contributed by atoms with van der Waals surface area (Å²) in [7, 11) is 2.21. The lowest BCUT2D eigenvalue weighted by atomic mass is 9.54. The Kier molecular flexibility index (Phi) is 6.71. The van der Waals surface area contributed by atoms with Gasteiger partial charge in [0.05, 0.1) is 49.5 Å². The maximum absolute atomic E-state index is 12.9. The van der Waals surface area contributed by atoms with Crippen LogP contribution in [-0.4, -0.2) is 31.3 Å². The zero-order valence-corrected chi connectivity index (χ0v) is 18.8. The van der Waals surface area contributed by atoms with E-state index in [1.165, 1.54) is 24.3 Å². The number of esters is 2. The molecule has 1 aliphatic rings. The molecule has 0 aromatic heterocycles. The Morgan fingerprint density at radius 2 is 1.47 bits per heavy atom. The molecule has 1 aliphatic carbocycles. The molecule has 2 aromatic rings. The molecule has 8 heteroatoms. The molecule has 0 heterocycles. The molecule has 3 atom stereocenters. The Morgan fingerprint density at radius 1 is 0.912 bits per heavy atom. The summed E-state index contributed by atoms with van der Waals surface area (Å²) in [5, 5.41) is 41.4. The summed E-state index contributed by atoms with van der Waals surface area (Å²) in [5.74, 6) is -6.51. The van der Waals surface area contributed by atoms with E-state index in [2.05, 4.69) is 12.1 Å². The molecule has 34 heavy (non-hydrogen) atoms. The molecule has 0 fully saturated rings. The molecule has 0 unspecified atom stereocenters. The van der Waals surface area contributed by atoms with Gasteiger partial charge >= 0.3 is 11.9 Å². The molecule has 0 aliphatic heterocycles. The van der Waals surface area contributed by atoms with Crippen LogP contribution < -0.4 is 0 Å². The first kappa shape index (κ1) is 24.0. The van der Waals surface area contributed by atoms with E-state index in [9.17, 15) is 25.2 Å². The number of carbonyl (C=O) groups is 2. The normalized spacial score (nSPS) is 20.9. The number of nitriles is 3. The fourth-order valence-corrected chi connectivity index (χ4v) is 4.55. The summed E-state index contributed by atoms with van der Waals surface area (Å²) in [5.41, 5.74) is -0.359. The fraction of sp³-hybridized carbons (Fsp3) is 0.269. The molecule has 3 rings (SSSR count). The van der Waals surface area contributed by atoms with Gasteiger partial charge in [-0.15, -0.1) is 0 Å². The third-order valence-electron chi connectivity index (χ3n) is 6.18. The molecular formula is C26H21N3O5. The number of aryl methyl sites for hydroxylation is 1. The maximum Gasteiger partial charge on any atom is 0.337 e. The molecule has 0 saturated carbocycles. The maximum atomic E-state index is 12.9. The van der Waals surface area contributed by atoms with Crippen LogP contribution >= 0.6 is 0 Å². The first-order valence-corrected chi connectivity index (χ1v) is 10.3. The smallest absolute Gasteiger partial charge is 0.337 e. The number of aliphatic hydroxyl groups excluding tert-OH is 1. The zero-order valence-electron chi connectivity index (χ0n) is 18.8. The summed E-state index contributed by atoms with van der Waals surface area (Å²) in [4.78, 5) is 25.8. The summed E-state index contributed by atoms with van der Waals surface area (Å²) in [6.07, 6.45) is 0. The highest BCUT2D eigenvalue weighted by Gasteiger charge is 2.61. The molecule has 0 bridgehead atoms. The predicted molar refractivity (Wildman–Crippen MR) is 119 cm³/mol. The summed E-state index contributed by atoms with van der Waals surface area (Å²) in [6.45, 7) is 1.86. The van der Waals surface area contributed by atoms with Gasteiger partial charge in [-0.25, -0.2) is 4.79 Å². The second-order valence-electron chi connectivity index (χ2n) is 7.94. The predicted octanol–water partition coefficient (Wildman–Crippen LogP) is 3.56. The monoisotopic (exact) mass is 455 g/mol. The number of aliphatic hydroxyl groups is 1. The van der Waals surface area contributed by atoms with E-state index in [0.717, 1.165) is 19.8 Å². The van der Waals surface area contributed by atoms with Crippen molar-refractivity contribution >= 4 is 11.9 Å². The van der Waals surface area contributed by atoms with Crippen molar-refractivity contribution in [3.63, 3.8) is 0 Å². The largest absolute Gasteiger partial charge is 0.511 e. The van der Waals surface area contributed by atoms with Crippen LogP contribution in [0.15, 0.2) is 59.9 Å². The number of nitrogens with zero attached hydrogens (tertiary/aromatic N) is 3. The van der Waals surface area contributed by atoms with E-state index in [0.29, 0.717) is 16.7 Å². The van der Waals surface area contributed by atoms with Gasteiger partial charge in [0, 0.05) is 5.92 Å². The van der Waals surface area contributed by atoms with E-state index in [-0.39, 0.29) is 5.57 Å². The van der Waals surface area contributed by atoms with Gasteiger partial charge in [-0.3, -0.25) is 4.79 Å². The number of rotatable bonds is 4. The van der Waals surface area contributed by atoms with Crippen LogP contribution in [0.5, 0.6) is 0 Å². The molecular weight excluding hydrogens is 434 g/mol. The van der Waals surface area contributed by atoms with Crippen LogP contribution in [0.25, 0.3) is 0 Å². The molecule has 0 saturated heterocycles. The highest BCUT2D eigenvalue weighted by Crippen LogP contribution is 2.58. The average Bonchev–Trinajstić information content (AvgIpc) is 2.87. The summed E-state index contributed by atoms with van der Waals surface area (Å²) < 4.78 is 9.79. The SMILES string of the molecule is COC(=O)C1=C(O)[C@@H](C(=O)OC)[C@H](c2ccc(C#N)cc2)C(C#N)(C#N)[C@@H]1c1ccc(C)cc1. The van der Waals surface area contributed by atoms with Gasteiger partial charge in [-0.05, 0) is 30.2 Å². The lowest BCUT2D eigenvalue weighted by Gasteiger charge is -2.44. The van der Waals surface area contributed by atoms with Gasteiger partial charge < -0.3 is 14.6 Å². The third-order valence-corrected chi connectivity index (χ3v) is 6.18. The Balaban J connectivity index is 2.46. The van der Waals surface area contributed by atoms with Gasteiger partial charge in [0.25, 0.3) is 0 Å². The highest BCUT2D eigenvalue weighted by molar-refractivity contribution is 5.94. The Bertz CT molecular complexity index is 1260. The molecule has 170 valence electrons. The fourth-order valence-electron chi connectivity index (χ4n) is 4.55. The number of hydrogen-bond acceptors (Lipinski definition) is 8. The lowest BCUT2D eigenvalue weighted by molar-refractivity contribution is -0.147. The quantitative estimate of drug-likeness (QED) is 0.689. The topological polar surface area (TPSA) is 144 Å². The zero-order chi connectivity index (χ0) is 25.0. The molecule has 1 N–H and O–H groups in total. The molecule has 0 spiro atoms. The number of carbonyl (C=O) groups excluding carboxylic acids is 2. The van der Waals surface area contributed by atoms with Gasteiger partial charge in [-0.1, -0.05) is 42.0 Å². The van der Waals surface area contributed by atoms with Crippen molar-refractivity contribution in [1.82, 2.24) is 0 Å². The molecule has 8 nitrogen and oxygen atoms in total. The number of methoxy groups -OCH3 is 2. The van der Waals surface area contributed by atoms with Crippen molar-refractivity contribution in [3.05, 3.63) is 82.1 Å². The first-order valence-electron chi connectivity index (χ1n) is 10.3. The number of benzene rings is 2. The molecule has 0 amide bonds. The average molecular weight is 455 g/mol. The van der Waals surface area contributed by atoms with Gasteiger partial charge in [0.2, 0.25) is 0 Å². The van der Waals surface area contributed by atoms with Gasteiger partial charge in [0.1, 0.15) is 11.7 Å². The Morgan fingerprint density at radius 3 is 1.94 bits per heavy atom. The minimum absolute atomic E-state index is 0.332. The van der Waals surface area contributed by atoms with Crippen LogP contribution in [0, 0.1) is 52.2 Å². The Hall–Kier alpha value is -4.61. The van der Waals surface area contributed by atoms with Gasteiger partial charge in [-0.2, -0.15) is 15.8 Å². The number of hydrogen-bond donors (Lipinski definition) is 1. The first-order chi connectivity index (χ1) is 16.3. The van der Waals surface area contributed by atoms with Crippen molar-refractivity contribution in [2.45, 2.75) is 18.8 Å². The third kappa shape index (κ3) is 3.74. The minimum atomic E-state index is -2.02.